The van der Waals surface area contributed by atoms with E-state index in [1.165, 1.54) is 29.7 Å². The van der Waals surface area contributed by atoms with E-state index in [1.54, 1.807) is 0 Å². The fraction of sp³-hybridized carbons (Fsp3) is 0.538. The van der Waals surface area contributed by atoms with Crippen molar-refractivity contribution < 1.29 is 0 Å². The number of piperidine rings is 1. The third-order valence-corrected chi connectivity index (χ3v) is 7.80. The third-order valence-electron chi connectivity index (χ3n) is 6.99. The lowest BCUT2D eigenvalue weighted by Crippen LogP contribution is -2.48. The highest BCUT2D eigenvalue weighted by atomic mass is 32.2. The predicted molar refractivity (Wildman–Crippen MR) is 144 cm³/mol. The molecule has 2 saturated heterocycles. The zero-order valence-electron chi connectivity index (χ0n) is 20.7. The number of fused-ring (bicyclic) bond motifs is 1. The molecule has 0 atom stereocenters. The molecule has 1 N–H and O–H groups in total. The zero-order chi connectivity index (χ0) is 23.7. The molecule has 0 amide bonds. The monoisotopic (exact) mass is 477 g/mol. The molecular weight excluding hydrogens is 442 g/mol. The molecule has 2 aliphatic heterocycles. The number of hydrogen-bond acceptors (Lipinski definition) is 8. The molecule has 8 heteroatoms. The minimum absolute atomic E-state index is 0.333. The minimum Gasteiger partial charge on any atom is -0.369 e. The van der Waals surface area contributed by atoms with Crippen molar-refractivity contribution in [1.82, 2.24) is 19.9 Å². The summed E-state index contributed by atoms with van der Waals surface area (Å²) in [5, 5.41) is 5.76. The maximum Gasteiger partial charge on any atom is 0.227 e. The summed E-state index contributed by atoms with van der Waals surface area (Å²) < 4.78 is 0. The first-order valence-electron chi connectivity index (χ1n) is 12.4. The molecule has 34 heavy (non-hydrogen) atoms. The summed E-state index contributed by atoms with van der Waals surface area (Å²) in [7, 11) is 0. The number of anilines is 4. The highest BCUT2D eigenvalue weighted by molar-refractivity contribution is 7.98. The molecule has 3 aromatic heterocycles. The van der Waals surface area contributed by atoms with E-state index in [9.17, 15) is 0 Å². The first-order valence-corrected chi connectivity index (χ1v) is 13.8. The molecule has 0 unspecified atom stereocenters. The molecule has 2 fully saturated rings. The van der Waals surface area contributed by atoms with E-state index < -0.39 is 0 Å². The number of nitrogens with zero attached hydrogens (tertiary/aromatic N) is 6. The van der Waals surface area contributed by atoms with Crippen molar-refractivity contribution in [2.75, 3.05) is 53.3 Å². The van der Waals surface area contributed by atoms with Gasteiger partial charge >= 0.3 is 0 Å². The van der Waals surface area contributed by atoms with Crippen molar-refractivity contribution in [2.45, 2.75) is 39.5 Å². The average Bonchev–Trinajstić information content (AvgIpc) is 2.81. The van der Waals surface area contributed by atoms with E-state index in [4.69, 9.17) is 15.0 Å². The molecule has 7 nitrogen and oxygen atoms in total. The molecule has 0 bridgehead atoms. The summed E-state index contributed by atoms with van der Waals surface area (Å²) in [6.07, 6.45) is 10.4. The van der Waals surface area contributed by atoms with E-state index in [0.717, 1.165) is 66.7 Å². The Bertz CT molecular complexity index is 1140. The van der Waals surface area contributed by atoms with Gasteiger partial charge in [0.25, 0.3) is 0 Å². The van der Waals surface area contributed by atoms with Crippen molar-refractivity contribution in [3.8, 4) is 0 Å². The molecule has 0 aromatic carbocycles. The van der Waals surface area contributed by atoms with Crippen molar-refractivity contribution >= 4 is 45.8 Å². The van der Waals surface area contributed by atoms with E-state index in [0.29, 0.717) is 5.92 Å². The van der Waals surface area contributed by atoms with Gasteiger partial charge < -0.3 is 15.1 Å². The van der Waals surface area contributed by atoms with Crippen LogP contribution in [0.2, 0.25) is 0 Å². The largest absolute Gasteiger partial charge is 0.369 e. The van der Waals surface area contributed by atoms with Gasteiger partial charge in [-0.1, -0.05) is 20.8 Å². The lowest BCUT2D eigenvalue weighted by molar-refractivity contribution is 0.434. The van der Waals surface area contributed by atoms with Gasteiger partial charge in [-0.3, -0.25) is 4.98 Å². The molecule has 0 radical (unpaired) electrons. The fourth-order valence-corrected chi connectivity index (χ4v) is 5.62. The van der Waals surface area contributed by atoms with Crippen LogP contribution in [-0.4, -0.2) is 58.1 Å². The molecule has 5 rings (SSSR count). The summed E-state index contributed by atoms with van der Waals surface area (Å²) in [4.78, 5) is 23.7. The van der Waals surface area contributed by atoms with E-state index in [-0.39, 0.29) is 0 Å². The summed E-state index contributed by atoms with van der Waals surface area (Å²) in [6.45, 7) is 10.9. The zero-order valence-corrected chi connectivity index (χ0v) is 21.5. The summed E-state index contributed by atoms with van der Waals surface area (Å²) >= 11 is 1.93. The Balaban J connectivity index is 1.40. The van der Waals surface area contributed by atoms with Crippen LogP contribution in [0.15, 0.2) is 30.7 Å². The molecule has 180 valence electrons. The number of thioether (sulfide) groups is 1. The Hall–Kier alpha value is -2.61. The number of aromatic nitrogens is 4. The Labute approximate surface area is 206 Å². The SMILES string of the molecule is CSCC1CN(c2cnc(C(C)C)c3cc(Nc4ccnc(N5CCC(C)CC5)n4)ncc23)C1. The molecule has 2 aliphatic rings. The van der Waals surface area contributed by atoms with Gasteiger partial charge in [-0.05, 0) is 48.8 Å². The third kappa shape index (κ3) is 4.78. The van der Waals surface area contributed by atoms with Crippen LogP contribution in [0.5, 0.6) is 0 Å². The summed E-state index contributed by atoms with van der Waals surface area (Å²) in [5.41, 5.74) is 2.30. The second kappa shape index (κ2) is 9.94. The molecule has 3 aromatic rings. The van der Waals surface area contributed by atoms with Crippen molar-refractivity contribution in [3.05, 3.63) is 36.4 Å². The molecular formula is C26H35N7S. The van der Waals surface area contributed by atoms with Gasteiger partial charge in [0.1, 0.15) is 11.6 Å². The standard InChI is InChI=1S/C26H35N7S/c1-17(2)25-20-11-24(28-12-21(20)22(13-29-25)33-14-19(15-33)16-34-4)30-23-5-8-27-26(31-23)32-9-6-18(3)7-10-32/h5,8,11-13,17-19H,6-7,9-10,14-16H2,1-4H3,(H,27,28,30,31). The average molecular weight is 478 g/mol. The minimum atomic E-state index is 0.333. The topological polar surface area (TPSA) is 70.1 Å². The van der Waals surface area contributed by atoms with Gasteiger partial charge in [-0.25, -0.2) is 9.97 Å². The van der Waals surface area contributed by atoms with E-state index >= 15 is 0 Å². The first-order chi connectivity index (χ1) is 16.5. The molecule has 5 heterocycles. The van der Waals surface area contributed by atoms with Crippen LogP contribution in [-0.2, 0) is 0 Å². The van der Waals surface area contributed by atoms with Crippen LogP contribution in [0.1, 0.15) is 45.2 Å². The first kappa shape index (κ1) is 23.1. The lowest BCUT2D eigenvalue weighted by atomic mass is 9.98. The van der Waals surface area contributed by atoms with Crippen molar-refractivity contribution in [1.29, 1.82) is 0 Å². The number of rotatable bonds is 7. The van der Waals surface area contributed by atoms with Gasteiger partial charge in [0.15, 0.2) is 0 Å². The van der Waals surface area contributed by atoms with Crippen LogP contribution in [0.3, 0.4) is 0 Å². The summed E-state index contributed by atoms with van der Waals surface area (Å²) in [5.74, 6) is 5.44. The van der Waals surface area contributed by atoms with Crippen LogP contribution in [0.4, 0.5) is 23.3 Å². The van der Waals surface area contributed by atoms with Crippen LogP contribution < -0.4 is 15.1 Å². The second-order valence-electron chi connectivity index (χ2n) is 10.1. The molecule has 0 spiro atoms. The number of hydrogen-bond donors (Lipinski definition) is 1. The highest BCUT2D eigenvalue weighted by Gasteiger charge is 2.28. The van der Waals surface area contributed by atoms with Crippen LogP contribution in [0.25, 0.3) is 10.8 Å². The molecule has 0 saturated carbocycles. The fourth-order valence-electron chi connectivity index (χ4n) is 4.94. The number of nitrogens with one attached hydrogen (secondary N) is 1. The van der Waals surface area contributed by atoms with E-state index in [2.05, 4.69) is 53.2 Å². The van der Waals surface area contributed by atoms with Crippen molar-refractivity contribution in [3.63, 3.8) is 0 Å². The predicted octanol–water partition coefficient (Wildman–Crippen LogP) is 5.32. The van der Waals surface area contributed by atoms with E-state index in [1.807, 2.05) is 36.4 Å². The Morgan fingerprint density at radius 2 is 1.82 bits per heavy atom. The van der Waals surface area contributed by atoms with Crippen LogP contribution in [0, 0.1) is 11.8 Å². The maximum absolute atomic E-state index is 4.88. The lowest BCUT2D eigenvalue weighted by Gasteiger charge is -2.41. The van der Waals surface area contributed by atoms with Crippen LogP contribution >= 0.6 is 11.8 Å². The van der Waals surface area contributed by atoms with Crippen molar-refractivity contribution in [2.24, 2.45) is 11.8 Å². The molecule has 0 aliphatic carbocycles. The van der Waals surface area contributed by atoms with Gasteiger partial charge in [0, 0.05) is 55.3 Å². The Morgan fingerprint density at radius 3 is 2.56 bits per heavy atom. The van der Waals surface area contributed by atoms with Gasteiger partial charge in [-0.2, -0.15) is 16.7 Å². The Kier molecular flexibility index (Phi) is 6.77. The highest BCUT2D eigenvalue weighted by Crippen LogP contribution is 2.36. The maximum atomic E-state index is 4.88. The quantitative estimate of drug-likeness (QED) is 0.490. The van der Waals surface area contributed by atoms with Gasteiger partial charge in [-0.15, -0.1) is 0 Å². The Morgan fingerprint density at radius 1 is 1.03 bits per heavy atom. The second-order valence-corrected chi connectivity index (χ2v) is 11.0. The smallest absolute Gasteiger partial charge is 0.227 e. The number of pyridine rings is 2. The van der Waals surface area contributed by atoms with Gasteiger partial charge in [0.2, 0.25) is 5.95 Å². The normalized spacial score (nSPS) is 17.4. The van der Waals surface area contributed by atoms with Gasteiger partial charge in [0.05, 0.1) is 17.6 Å². The summed E-state index contributed by atoms with van der Waals surface area (Å²) in [6, 6.07) is 4.04.